The monoisotopic (exact) mass is 464 g/mol. The van der Waals surface area contributed by atoms with Crippen LogP contribution in [0.4, 0.5) is 0 Å². The molecule has 0 aliphatic carbocycles. The van der Waals surface area contributed by atoms with Crippen molar-refractivity contribution in [3.63, 3.8) is 0 Å². The van der Waals surface area contributed by atoms with Crippen LogP contribution in [-0.2, 0) is 0 Å². The molecule has 0 fully saturated rings. The number of rotatable bonds is 21. The van der Waals surface area contributed by atoms with Gasteiger partial charge in [-0.15, -0.1) is 0 Å². The van der Waals surface area contributed by atoms with Gasteiger partial charge in [0, 0.05) is 0 Å². The molecule has 166 valence electrons. The van der Waals surface area contributed by atoms with E-state index in [4.69, 9.17) is 0 Å². The third-order valence-corrected chi connectivity index (χ3v) is 16.8. The molecule has 27 heavy (non-hydrogen) atoms. The Hall–Kier alpha value is 0.910. The molecule has 0 N–H and O–H groups in total. The van der Waals surface area contributed by atoms with Crippen LogP contribution in [0.3, 0.4) is 0 Å². The van der Waals surface area contributed by atoms with Crippen molar-refractivity contribution in [3.8, 4) is 0 Å². The maximum absolute atomic E-state index is 4.44. The molecule has 2 heteroatoms. The summed E-state index contributed by atoms with van der Waals surface area (Å²) in [6, 6.07) is 0. The topological polar surface area (TPSA) is 0 Å². The normalized spacial score (nSPS) is 13.6. The molecule has 0 amide bonds. The van der Waals surface area contributed by atoms with Crippen molar-refractivity contribution in [1.29, 1.82) is 0 Å². The van der Waals surface area contributed by atoms with Gasteiger partial charge in [-0.05, 0) is 0 Å². The van der Waals surface area contributed by atoms with E-state index in [0.717, 1.165) is 0 Å². The molecule has 0 bridgehead atoms. The summed E-state index contributed by atoms with van der Waals surface area (Å²) in [4.78, 5) is 0. The summed E-state index contributed by atoms with van der Waals surface area (Å²) in [5.74, 6) is 0. The number of halogens is 1. The predicted molar refractivity (Wildman–Crippen MR) is 136 cm³/mol. The summed E-state index contributed by atoms with van der Waals surface area (Å²) in [7, 11) is 0. The van der Waals surface area contributed by atoms with Gasteiger partial charge in [0.2, 0.25) is 0 Å². The van der Waals surface area contributed by atoms with Crippen LogP contribution in [0.25, 0.3) is 0 Å². The zero-order valence-corrected chi connectivity index (χ0v) is 22.2. The first-order valence-corrected chi connectivity index (χ1v) is 17.8. The van der Waals surface area contributed by atoms with Crippen molar-refractivity contribution in [1.82, 2.24) is 0 Å². The van der Waals surface area contributed by atoms with E-state index in [0.29, 0.717) is 0 Å². The molecule has 0 aliphatic rings. The molecule has 0 nitrogen and oxygen atoms in total. The summed E-state index contributed by atoms with van der Waals surface area (Å²) >= 11 is 4.44. The average Bonchev–Trinajstić information content (AvgIpc) is 2.63. The van der Waals surface area contributed by atoms with Gasteiger partial charge in [-0.25, -0.2) is 0 Å². The molecule has 0 saturated heterocycles. The van der Waals surface area contributed by atoms with Gasteiger partial charge in [0.1, 0.15) is 0 Å². The Morgan fingerprint density at radius 3 is 0.963 bits per heavy atom. The predicted octanol–water partition coefficient (Wildman–Crippen LogP) is 10.6. The van der Waals surface area contributed by atoms with Crippen molar-refractivity contribution < 1.29 is 0 Å². The van der Waals surface area contributed by atoms with Crippen LogP contribution in [-0.4, -0.2) is 24.6 Å². The second-order valence-corrected chi connectivity index (χ2v) is 20.8. The fourth-order valence-corrected chi connectivity index (χ4v) is 14.7. The van der Waals surface area contributed by atoms with Crippen LogP contribution >= 0.6 is 20.8 Å². The molecule has 0 atom stereocenters. The van der Waals surface area contributed by atoms with Crippen LogP contribution in [0.2, 0.25) is 0 Å². The minimum absolute atomic E-state index is 1.36. The van der Waals surface area contributed by atoms with Gasteiger partial charge < -0.3 is 0 Å². The van der Waals surface area contributed by atoms with Gasteiger partial charge in [-0.1, -0.05) is 26.2 Å². The molecule has 0 aromatic carbocycles. The van der Waals surface area contributed by atoms with Crippen molar-refractivity contribution in [3.05, 3.63) is 0 Å². The molecule has 0 unspecified atom stereocenters. The van der Waals surface area contributed by atoms with Crippen LogP contribution in [0.1, 0.15) is 137 Å². The average molecular weight is 466 g/mol. The van der Waals surface area contributed by atoms with E-state index in [9.17, 15) is 0 Å². The zero-order chi connectivity index (χ0) is 20.3. The van der Waals surface area contributed by atoms with Crippen molar-refractivity contribution in [2.24, 2.45) is 0 Å². The van der Waals surface area contributed by atoms with Crippen LogP contribution in [0.5, 0.6) is 0 Å². The van der Waals surface area contributed by atoms with E-state index in [2.05, 4.69) is 43.2 Å². The van der Waals surface area contributed by atoms with Crippen molar-refractivity contribution in [2.75, 3.05) is 24.6 Å². The van der Waals surface area contributed by atoms with E-state index < -0.39 is 5.31 Å². The summed E-state index contributed by atoms with van der Waals surface area (Å²) < 4.78 is 0. The Morgan fingerprint density at radius 1 is 0.370 bits per heavy atom. The Labute approximate surface area is 182 Å². The fourth-order valence-electron chi connectivity index (χ4n) is 5.05. The molecule has 0 aromatic heterocycles. The standard InChI is InChI=1S/C25H54BrP/c1-5-9-10-11-12-13-14-15-16-17-18-19-20-21-25-27(26,22-6-2,23-7-3)24-8-4/h5-25H2,1-4H3. The first-order chi connectivity index (χ1) is 13.0. The van der Waals surface area contributed by atoms with Gasteiger partial charge in [-0.3, -0.25) is 0 Å². The zero-order valence-electron chi connectivity index (χ0n) is 19.7. The second kappa shape index (κ2) is 17.7. The molecule has 0 heterocycles. The summed E-state index contributed by atoms with van der Waals surface area (Å²) in [6.07, 6.45) is 30.6. The second-order valence-electron chi connectivity index (χ2n) is 9.31. The van der Waals surface area contributed by atoms with Gasteiger partial charge in [0.25, 0.3) is 0 Å². The molecule has 0 spiro atoms. The van der Waals surface area contributed by atoms with Gasteiger partial charge in [-0.2, -0.15) is 0 Å². The first kappa shape index (κ1) is 27.9. The summed E-state index contributed by atoms with van der Waals surface area (Å²) in [6.45, 7) is 9.47. The van der Waals surface area contributed by atoms with Crippen LogP contribution < -0.4 is 0 Å². The van der Waals surface area contributed by atoms with Crippen molar-refractivity contribution in [2.45, 2.75) is 137 Å². The van der Waals surface area contributed by atoms with Gasteiger partial charge >= 0.3 is 156 Å². The molecule has 0 radical (unpaired) electrons. The third kappa shape index (κ3) is 14.5. The summed E-state index contributed by atoms with van der Waals surface area (Å²) in [5, 5.41) is -1.57. The van der Waals surface area contributed by atoms with Gasteiger partial charge in [0.05, 0.1) is 0 Å². The minimum atomic E-state index is -1.57. The Balaban J connectivity index is 3.70. The van der Waals surface area contributed by atoms with Gasteiger partial charge in [0.15, 0.2) is 0 Å². The van der Waals surface area contributed by atoms with Crippen molar-refractivity contribution >= 4 is 20.8 Å². The molecular weight excluding hydrogens is 411 g/mol. The SMILES string of the molecule is CCCCCCCCCCCCCCCCP(Br)(CCC)(CCC)CCC. The Morgan fingerprint density at radius 2 is 0.667 bits per heavy atom. The quantitative estimate of drug-likeness (QED) is 0.117. The Kier molecular flexibility index (Phi) is 18.3. The van der Waals surface area contributed by atoms with E-state index in [1.807, 2.05) is 0 Å². The molecule has 0 rings (SSSR count). The Bertz CT molecular complexity index is 296. The molecule has 0 saturated carbocycles. The molecule has 0 aliphatic heterocycles. The number of hydrogen-bond donors (Lipinski definition) is 0. The molecule has 0 aromatic rings. The van der Waals surface area contributed by atoms with E-state index in [1.165, 1.54) is 134 Å². The number of unbranched alkanes of at least 4 members (excludes halogenated alkanes) is 13. The van der Waals surface area contributed by atoms with E-state index in [1.54, 1.807) is 0 Å². The molecular formula is C25H54BrP. The van der Waals surface area contributed by atoms with Crippen LogP contribution in [0.15, 0.2) is 0 Å². The third-order valence-electron chi connectivity index (χ3n) is 6.42. The maximum atomic E-state index is 4.44. The van der Waals surface area contributed by atoms with Crippen LogP contribution in [0, 0.1) is 0 Å². The van der Waals surface area contributed by atoms with E-state index >= 15 is 0 Å². The number of hydrogen-bond acceptors (Lipinski definition) is 0. The summed E-state index contributed by atoms with van der Waals surface area (Å²) in [5.41, 5.74) is 0. The first-order valence-electron chi connectivity index (χ1n) is 12.8. The fraction of sp³-hybridized carbons (Fsp3) is 1.00. The van der Waals surface area contributed by atoms with E-state index in [-0.39, 0.29) is 0 Å².